The molecule has 0 aliphatic heterocycles. The standard InChI is InChI=1S/C20H18ClN3O3/c21-16-8-6-15(7-9-16)18-12-20(26)24(14-23-18)13-19(25)22-10-11-27-17-4-2-1-3-5-17/h1-9,12,14H,10-11,13H2,(H,22,25). The molecule has 0 aliphatic rings. The molecule has 1 heterocycles. The summed E-state index contributed by atoms with van der Waals surface area (Å²) >= 11 is 5.86. The van der Waals surface area contributed by atoms with E-state index >= 15 is 0 Å². The highest BCUT2D eigenvalue weighted by molar-refractivity contribution is 6.30. The Kier molecular flexibility index (Phi) is 6.22. The molecule has 2 aromatic carbocycles. The average molecular weight is 384 g/mol. The van der Waals surface area contributed by atoms with Gasteiger partial charge in [-0.2, -0.15) is 0 Å². The zero-order valence-corrected chi connectivity index (χ0v) is 15.2. The lowest BCUT2D eigenvalue weighted by atomic mass is 10.1. The Morgan fingerprint density at radius 3 is 2.56 bits per heavy atom. The third kappa shape index (κ3) is 5.43. The number of halogens is 1. The van der Waals surface area contributed by atoms with Crippen molar-refractivity contribution in [1.29, 1.82) is 0 Å². The number of nitrogens with one attached hydrogen (secondary N) is 1. The molecule has 1 N–H and O–H groups in total. The van der Waals surface area contributed by atoms with Gasteiger partial charge in [0.25, 0.3) is 5.56 Å². The van der Waals surface area contributed by atoms with E-state index in [1.807, 2.05) is 30.3 Å². The maximum Gasteiger partial charge on any atom is 0.254 e. The molecule has 0 unspecified atom stereocenters. The fourth-order valence-corrected chi connectivity index (χ4v) is 2.54. The van der Waals surface area contributed by atoms with E-state index in [0.717, 1.165) is 11.3 Å². The quantitative estimate of drug-likeness (QED) is 0.637. The summed E-state index contributed by atoms with van der Waals surface area (Å²) in [6.45, 7) is 0.592. The molecule has 3 aromatic rings. The van der Waals surface area contributed by atoms with E-state index in [-0.39, 0.29) is 18.0 Å². The number of hydrogen-bond donors (Lipinski definition) is 1. The first-order valence-corrected chi connectivity index (χ1v) is 8.76. The van der Waals surface area contributed by atoms with E-state index in [1.54, 1.807) is 24.3 Å². The van der Waals surface area contributed by atoms with Gasteiger partial charge >= 0.3 is 0 Å². The van der Waals surface area contributed by atoms with Crippen LogP contribution in [-0.2, 0) is 11.3 Å². The van der Waals surface area contributed by atoms with Gasteiger partial charge in [0.1, 0.15) is 18.9 Å². The minimum absolute atomic E-state index is 0.0991. The highest BCUT2D eigenvalue weighted by Gasteiger charge is 2.07. The first-order chi connectivity index (χ1) is 13.1. The largest absolute Gasteiger partial charge is 0.492 e. The van der Waals surface area contributed by atoms with Crippen LogP contribution in [0.2, 0.25) is 5.02 Å². The van der Waals surface area contributed by atoms with Gasteiger partial charge in [0.15, 0.2) is 0 Å². The molecular weight excluding hydrogens is 366 g/mol. The van der Waals surface area contributed by atoms with Gasteiger partial charge in [-0.15, -0.1) is 0 Å². The number of carbonyl (C=O) groups is 1. The summed E-state index contributed by atoms with van der Waals surface area (Å²) in [6, 6.07) is 17.8. The highest BCUT2D eigenvalue weighted by Crippen LogP contribution is 2.17. The van der Waals surface area contributed by atoms with Crippen LogP contribution in [0.25, 0.3) is 11.3 Å². The summed E-state index contributed by atoms with van der Waals surface area (Å²) in [5, 5.41) is 3.33. The Labute approximate surface area is 161 Å². The van der Waals surface area contributed by atoms with Crippen LogP contribution in [0.3, 0.4) is 0 Å². The van der Waals surface area contributed by atoms with Gasteiger partial charge in [0, 0.05) is 16.7 Å². The Hall–Kier alpha value is -3.12. The van der Waals surface area contributed by atoms with Gasteiger partial charge in [0.2, 0.25) is 5.91 Å². The second-order valence-electron chi connectivity index (χ2n) is 5.76. The molecule has 3 rings (SSSR count). The summed E-state index contributed by atoms with van der Waals surface area (Å²) < 4.78 is 6.76. The van der Waals surface area contributed by atoms with Crippen LogP contribution >= 0.6 is 11.6 Å². The molecule has 0 fully saturated rings. The lowest BCUT2D eigenvalue weighted by molar-refractivity contribution is -0.121. The number of para-hydroxylation sites is 1. The van der Waals surface area contributed by atoms with Crippen LogP contribution in [-0.4, -0.2) is 28.6 Å². The number of benzene rings is 2. The van der Waals surface area contributed by atoms with E-state index in [1.165, 1.54) is 17.0 Å². The predicted octanol–water partition coefficient (Wildman–Crippen LogP) is 2.76. The molecule has 27 heavy (non-hydrogen) atoms. The van der Waals surface area contributed by atoms with Gasteiger partial charge in [-0.1, -0.05) is 41.9 Å². The van der Waals surface area contributed by atoms with Gasteiger partial charge in [0.05, 0.1) is 18.6 Å². The Morgan fingerprint density at radius 1 is 1.11 bits per heavy atom. The minimum atomic E-state index is -0.300. The normalized spacial score (nSPS) is 10.4. The van der Waals surface area contributed by atoms with Crippen LogP contribution in [0.5, 0.6) is 5.75 Å². The zero-order chi connectivity index (χ0) is 19.1. The fourth-order valence-electron chi connectivity index (χ4n) is 2.41. The van der Waals surface area contributed by atoms with Gasteiger partial charge in [-0.25, -0.2) is 4.98 Å². The van der Waals surface area contributed by atoms with E-state index < -0.39 is 0 Å². The van der Waals surface area contributed by atoms with Gasteiger partial charge in [-0.05, 0) is 24.3 Å². The lowest BCUT2D eigenvalue weighted by Crippen LogP contribution is -2.34. The maximum absolute atomic E-state index is 12.2. The third-order valence-corrected chi connectivity index (χ3v) is 4.02. The smallest absolute Gasteiger partial charge is 0.254 e. The molecule has 138 valence electrons. The summed E-state index contributed by atoms with van der Waals surface area (Å²) in [4.78, 5) is 28.5. The van der Waals surface area contributed by atoms with E-state index in [4.69, 9.17) is 16.3 Å². The SMILES string of the molecule is O=C(Cn1cnc(-c2ccc(Cl)cc2)cc1=O)NCCOc1ccccc1. The number of aromatic nitrogens is 2. The monoisotopic (exact) mass is 383 g/mol. The number of amides is 1. The van der Waals surface area contributed by atoms with Gasteiger partial charge in [-0.3, -0.25) is 14.2 Å². The summed E-state index contributed by atoms with van der Waals surface area (Å²) in [7, 11) is 0. The molecule has 0 bridgehead atoms. The molecule has 0 radical (unpaired) electrons. The Balaban J connectivity index is 1.52. The Morgan fingerprint density at radius 2 is 1.85 bits per heavy atom. The fraction of sp³-hybridized carbons (Fsp3) is 0.150. The lowest BCUT2D eigenvalue weighted by Gasteiger charge is -2.09. The number of carbonyl (C=O) groups excluding carboxylic acids is 1. The second-order valence-corrected chi connectivity index (χ2v) is 6.20. The molecule has 0 saturated carbocycles. The number of ether oxygens (including phenoxy) is 1. The minimum Gasteiger partial charge on any atom is -0.492 e. The van der Waals surface area contributed by atoms with Crippen molar-refractivity contribution in [2.75, 3.05) is 13.2 Å². The van der Waals surface area contributed by atoms with Crippen molar-refractivity contribution < 1.29 is 9.53 Å². The first-order valence-electron chi connectivity index (χ1n) is 8.39. The van der Waals surface area contributed by atoms with Crippen molar-refractivity contribution in [3.63, 3.8) is 0 Å². The first kappa shape index (κ1) is 18.7. The molecule has 6 nitrogen and oxygen atoms in total. The predicted molar refractivity (Wildman–Crippen MR) is 104 cm³/mol. The zero-order valence-electron chi connectivity index (χ0n) is 14.5. The van der Waals surface area contributed by atoms with Crippen LogP contribution in [0.4, 0.5) is 0 Å². The molecule has 0 spiro atoms. The molecule has 0 saturated heterocycles. The molecule has 7 heteroatoms. The van der Waals surface area contributed by atoms with Crippen molar-refractivity contribution in [2.45, 2.75) is 6.54 Å². The molecular formula is C20H18ClN3O3. The highest BCUT2D eigenvalue weighted by atomic mass is 35.5. The topological polar surface area (TPSA) is 73.2 Å². The van der Waals surface area contributed by atoms with Gasteiger partial charge < -0.3 is 10.1 Å². The van der Waals surface area contributed by atoms with Crippen LogP contribution < -0.4 is 15.6 Å². The summed E-state index contributed by atoms with van der Waals surface area (Å²) in [5.74, 6) is 0.458. The molecule has 1 aromatic heterocycles. The van der Waals surface area contributed by atoms with Crippen molar-refractivity contribution >= 4 is 17.5 Å². The average Bonchev–Trinajstić information content (AvgIpc) is 2.68. The van der Waals surface area contributed by atoms with Crippen molar-refractivity contribution in [1.82, 2.24) is 14.9 Å². The number of rotatable bonds is 7. The molecule has 1 amide bonds. The van der Waals surface area contributed by atoms with E-state index in [0.29, 0.717) is 23.9 Å². The van der Waals surface area contributed by atoms with Crippen LogP contribution in [0.1, 0.15) is 0 Å². The Bertz CT molecular complexity index is 956. The maximum atomic E-state index is 12.2. The number of hydrogen-bond acceptors (Lipinski definition) is 4. The van der Waals surface area contributed by atoms with E-state index in [9.17, 15) is 9.59 Å². The number of nitrogens with zero attached hydrogens (tertiary/aromatic N) is 2. The van der Waals surface area contributed by atoms with E-state index in [2.05, 4.69) is 10.3 Å². The van der Waals surface area contributed by atoms with Crippen molar-refractivity contribution in [2.24, 2.45) is 0 Å². The van der Waals surface area contributed by atoms with Crippen LogP contribution in [0.15, 0.2) is 71.8 Å². The van der Waals surface area contributed by atoms with Crippen molar-refractivity contribution in [3.8, 4) is 17.0 Å². The molecule has 0 atom stereocenters. The van der Waals surface area contributed by atoms with Crippen LogP contribution in [0, 0.1) is 0 Å². The molecule has 0 aliphatic carbocycles. The summed E-state index contributed by atoms with van der Waals surface area (Å²) in [5.41, 5.74) is 1.02. The second kappa shape index (κ2) is 9.00. The third-order valence-electron chi connectivity index (χ3n) is 3.77. The summed E-state index contributed by atoms with van der Waals surface area (Å²) in [6.07, 6.45) is 1.37. The van der Waals surface area contributed by atoms with Crippen molar-refractivity contribution in [3.05, 3.63) is 82.4 Å².